The predicted octanol–water partition coefficient (Wildman–Crippen LogP) is 8.25. The third kappa shape index (κ3) is 4.35. The summed E-state index contributed by atoms with van der Waals surface area (Å²) in [6.45, 7) is 11.4. The molecule has 0 bridgehead atoms. The molecule has 0 unspecified atom stereocenters. The van der Waals surface area contributed by atoms with Crippen LogP contribution >= 0.6 is 0 Å². The molecule has 0 saturated carbocycles. The van der Waals surface area contributed by atoms with Gasteiger partial charge in [-0.1, -0.05) is 82.7 Å². The number of benzene rings is 3. The monoisotopic (exact) mass is 432 g/mol. The van der Waals surface area contributed by atoms with E-state index in [1.807, 2.05) is 0 Å². The molecule has 1 aromatic heterocycles. The highest BCUT2D eigenvalue weighted by molar-refractivity contribution is 5.91. The van der Waals surface area contributed by atoms with Crippen molar-refractivity contribution in [2.75, 3.05) is 0 Å². The summed E-state index contributed by atoms with van der Waals surface area (Å²) in [6, 6.07) is 22.1. The van der Waals surface area contributed by atoms with Crippen molar-refractivity contribution >= 4 is 16.8 Å². The molecule has 0 aliphatic heterocycles. The molecule has 2 heteroatoms. The summed E-state index contributed by atoms with van der Waals surface area (Å²) >= 11 is 0. The van der Waals surface area contributed by atoms with Crippen LogP contribution < -0.4 is 0 Å². The van der Waals surface area contributed by atoms with Crippen molar-refractivity contribution in [3.8, 4) is 22.5 Å². The summed E-state index contributed by atoms with van der Waals surface area (Å²) in [7, 11) is 0. The van der Waals surface area contributed by atoms with Crippen LogP contribution in [0.3, 0.4) is 0 Å². The van der Waals surface area contributed by atoms with Crippen LogP contribution in [-0.2, 0) is 11.8 Å². The maximum atomic E-state index is 4.66. The fourth-order valence-corrected chi connectivity index (χ4v) is 4.97. The summed E-state index contributed by atoms with van der Waals surface area (Å²) in [4.78, 5) is 9.29. The number of rotatable bonds is 4. The van der Waals surface area contributed by atoms with Crippen LogP contribution in [0.4, 0.5) is 0 Å². The summed E-state index contributed by atoms with van der Waals surface area (Å²) < 4.78 is 0. The number of hydrogen-bond acceptors (Lipinski definition) is 2. The van der Waals surface area contributed by atoms with Crippen molar-refractivity contribution in [2.24, 2.45) is 5.92 Å². The van der Waals surface area contributed by atoms with Gasteiger partial charge in [-0.25, -0.2) is 9.97 Å². The summed E-state index contributed by atoms with van der Waals surface area (Å²) in [5.74, 6) is 0.689. The number of hydrogen-bond donors (Lipinski definition) is 0. The lowest BCUT2D eigenvalue weighted by molar-refractivity contribution is 0.596. The molecule has 0 radical (unpaired) electrons. The SMILES string of the molecule is CC(C)CC1=Cc2cc(-c3cc(-c4cc(C(C)(C)C)c5ccccc5c4)ncn3)ccc2C1. The zero-order valence-corrected chi connectivity index (χ0v) is 20.3. The molecule has 4 aromatic rings. The van der Waals surface area contributed by atoms with Gasteiger partial charge in [0.15, 0.2) is 0 Å². The van der Waals surface area contributed by atoms with Gasteiger partial charge in [-0.2, -0.15) is 0 Å². The van der Waals surface area contributed by atoms with E-state index in [9.17, 15) is 0 Å². The molecule has 0 amide bonds. The van der Waals surface area contributed by atoms with Crippen LogP contribution in [0.1, 0.15) is 57.7 Å². The van der Waals surface area contributed by atoms with E-state index in [0.717, 1.165) is 28.9 Å². The Kier molecular flexibility index (Phi) is 5.40. The standard InChI is InChI=1S/C31H32N2/c1-20(2)12-21-13-22-10-11-24(16-25(22)14-21)29-18-30(33-19-32-29)26-15-23-8-6-7-9-27(23)28(17-26)31(3,4)5/h6-11,14-20H,12-13H2,1-5H3. The minimum Gasteiger partial charge on any atom is -0.236 e. The molecular formula is C31H32N2. The second-order valence-corrected chi connectivity index (χ2v) is 10.8. The van der Waals surface area contributed by atoms with Gasteiger partial charge in [-0.15, -0.1) is 0 Å². The second kappa shape index (κ2) is 8.26. The molecule has 3 aromatic carbocycles. The Morgan fingerprint density at radius 3 is 2.36 bits per heavy atom. The molecule has 33 heavy (non-hydrogen) atoms. The summed E-state index contributed by atoms with van der Waals surface area (Å²) in [5.41, 5.74) is 9.91. The van der Waals surface area contributed by atoms with Crippen LogP contribution in [0.5, 0.6) is 0 Å². The Bertz CT molecular complexity index is 1370. The van der Waals surface area contributed by atoms with E-state index in [0.29, 0.717) is 5.92 Å². The van der Waals surface area contributed by atoms with Crippen molar-refractivity contribution in [1.29, 1.82) is 0 Å². The van der Waals surface area contributed by atoms with E-state index in [1.54, 1.807) is 6.33 Å². The van der Waals surface area contributed by atoms with Crippen LogP contribution in [0.2, 0.25) is 0 Å². The van der Waals surface area contributed by atoms with Crippen LogP contribution in [0.25, 0.3) is 39.4 Å². The second-order valence-electron chi connectivity index (χ2n) is 10.8. The third-order valence-electron chi connectivity index (χ3n) is 6.52. The lowest BCUT2D eigenvalue weighted by atomic mass is 9.82. The molecule has 2 nitrogen and oxygen atoms in total. The van der Waals surface area contributed by atoms with E-state index >= 15 is 0 Å². The molecule has 0 atom stereocenters. The summed E-state index contributed by atoms with van der Waals surface area (Å²) in [5, 5.41) is 2.56. The molecular weight excluding hydrogens is 400 g/mol. The lowest BCUT2D eigenvalue weighted by Gasteiger charge is -2.22. The molecule has 0 fully saturated rings. The molecule has 166 valence electrons. The van der Waals surface area contributed by atoms with Gasteiger partial charge in [0.1, 0.15) is 6.33 Å². The van der Waals surface area contributed by atoms with Gasteiger partial charge in [0.25, 0.3) is 0 Å². The van der Waals surface area contributed by atoms with E-state index in [4.69, 9.17) is 0 Å². The van der Waals surface area contributed by atoms with Gasteiger partial charge in [0, 0.05) is 11.1 Å². The molecule has 5 rings (SSSR count). The first-order valence-corrected chi connectivity index (χ1v) is 12.0. The number of aromatic nitrogens is 2. The largest absolute Gasteiger partial charge is 0.236 e. The Labute approximate surface area is 197 Å². The van der Waals surface area contributed by atoms with E-state index in [1.165, 1.54) is 39.5 Å². The van der Waals surface area contributed by atoms with Crippen molar-refractivity contribution in [1.82, 2.24) is 9.97 Å². The quantitative estimate of drug-likeness (QED) is 0.324. The van der Waals surface area contributed by atoms with E-state index < -0.39 is 0 Å². The highest BCUT2D eigenvalue weighted by Gasteiger charge is 2.19. The van der Waals surface area contributed by atoms with Crippen LogP contribution in [-0.4, -0.2) is 9.97 Å². The number of fused-ring (bicyclic) bond motifs is 2. The van der Waals surface area contributed by atoms with Gasteiger partial charge in [-0.3, -0.25) is 0 Å². The van der Waals surface area contributed by atoms with Gasteiger partial charge in [-0.05, 0) is 75.9 Å². The number of allylic oxidation sites excluding steroid dienone is 1. The van der Waals surface area contributed by atoms with Gasteiger partial charge < -0.3 is 0 Å². The Morgan fingerprint density at radius 1 is 0.848 bits per heavy atom. The van der Waals surface area contributed by atoms with E-state index in [2.05, 4.69) is 111 Å². The van der Waals surface area contributed by atoms with Gasteiger partial charge in [0.05, 0.1) is 11.4 Å². The maximum Gasteiger partial charge on any atom is 0.116 e. The fourth-order valence-electron chi connectivity index (χ4n) is 4.97. The fraction of sp³-hybridized carbons (Fsp3) is 0.290. The zero-order chi connectivity index (χ0) is 23.2. The summed E-state index contributed by atoms with van der Waals surface area (Å²) in [6.07, 6.45) is 6.32. The van der Waals surface area contributed by atoms with Crippen molar-refractivity contribution in [2.45, 2.75) is 52.9 Å². The molecule has 1 aliphatic rings. The van der Waals surface area contributed by atoms with Gasteiger partial charge in [0.2, 0.25) is 0 Å². The average molecular weight is 433 g/mol. The smallest absolute Gasteiger partial charge is 0.116 e. The number of nitrogens with zero attached hydrogens (tertiary/aromatic N) is 2. The Morgan fingerprint density at radius 2 is 1.61 bits per heavy atom. The van der Waals surface area contributed by atoms with Crippen molar-refractivity contribution < 1.29 is 0 Å². The maximum absolute atomic E-state index is 4.66. The molecule has 0 spiro atoms. The third-order valence-corrected chi connectivity index (χ3v) is 6.52. The molecule has 1 heterocycles. The molecule has 0 saturated heterocycles. The predicted molar refractivity (Wildman–Crippen MR) is 140 cm³/mol. The average Bonchev–Trinajstić information content (AvgIpc) is 3.18. The van der Waals surface area contributed by atoms with Crippen LogP contribution in [0, 0.1) is 5.92 Å². The van der Waals surface area contributed by atoms with Crippen molar-refractivity contribution in [3.63, 3.8) is 0 Å². The topological polar surface area (TPSA) is 25.8 Å². The Balaban J connectivity index is 1.55. The first kappa shape index (κ1) is 21.6. The first-order chi connectivity index (χ1) is 15.8. The first-order valence-electron chi connectivity index (χ1n) is 12.0. The lowest BCUT2D eigenvalue weighted by Crippen LogP contribution is -2.12. The highest BCUT2D eigenvalue weighted by atomic mass is 14.8. The normalized spacial score (nSPS) is 13.5. The minimum atomic E-state index is 0.0471. The van der Waals surface area contributed by atoms with Crippen molar-refractivity contribution in [3.05, 3.63) is 89.3 Å². The van der Waals surface area contributed by atoms with Gasteiger partial charge >= 0.3 is 0 Å². The van der Waals surface area contributed by atoms with E-state index in [-0.39, 0.29) is 5.41 Å². The minimum absolute atomic E-state index is 0.0471. The Hall–Kier alpha value is -3.26. The zero-order valence-electron chi connectivity index (χ0n) is 20.3. The molecule has 0 N–H and O–H groups in total. The van der Waals surface area contributed by atoms with Crippen LogP contribution in [0.15, 0.2) is 72.6 Å². The highest BCUT2D eigenvalue weighted by Crippen LogP contribution is 2.36. The molecule has 1 aliphatic carbocycles.